The first-order chi connectivity index (χ1) is 8.97. The van der Waals surface area contributed by atoms with E-state index in [1.165, 1.54) is 48.0 Å². The Morgan fingerprint density at radius 3 is 2.53 bits per heavy atom. The van der Waals surface area contributed by atoms with Gasteiger partial charge >= 0.3 is 0 Å². The lowest BCUT2D eigenvalue weighted by Crippen LogP contribution is -2.20. The van der Waals surface area contributed by atoms with Gasteiger partial charge in [-0.1, -0.05) is 12.1 Å². The summed E-state index contributed by atoms with van der Waals surface area (Å²) in [6.07, 6.45) is 1.21. The molecule has 0 fully saturated rings. The van der Waals surface area contributed by atoms with Crippen molar-refractivity contribution < 1.29 is 9.31 Å². The summed E-state index contributed by atoms with van der Waals surface area (Å²) in [4.78, 5) is 22.0. The molecule has 0 spiro atoms. The molecular weight excluding hydrogens is 251 g/mol. The highest BCUT2D eigenvalue weighted by molar-refractivity contribution is 5.36. The first kappa shape index (κ1) is 12.9. The van der Waals surface area contributed by atoms with Crippen molar-refractivity contribution in [3.8, 4) is 0 Å². The summed E-state index contributed by atoms with van der Waals surface area (Å²) < 4.78 is 14.0. The third-order valence-corrected chi connectivity index (χ3v) is 2.77. The summed E-state index contributed by atoms with van der Waals surface area (Å²) in [6.45, 7) is 1.68. The van der Waals surface area contributed by atoms with E-state index < -0.39 is 4.92 Å². The molecule has 0 aliphatic heterocycles. The fraction of sp³-hybridized carbons (Fsp3) is 0.154. The molecule has 0 atom stereocenters. The predicted octanol–water partition coefficient (Wildman–Crippen LogP) is 2.25. The molecule has 1 heterocycles. The molecule has 0 amide bonds. The number of pyridine rings is 1. The van der Waals surface area contributed by atoms with E-state index in [0.717, 1.165) is 0 Å². The van der Waals surface area contributed by atoms with E-state index in [9.17, 15) is 19.3 Å². The van der Waals surface area contributed by atoms with Crippen LogP contribution in [0.15, 0.2) is 41.3 Å². The van der Waals surface area contributed by atoms with Gasteiger partial charge in [0.05, 0.1) is 17.7 Å². The highest BCUT2D eigenvalue weighted by atomic mass is 19.1. The average molecular weight is 262 g/mol. The molecule has 0 saturated heterocycles. The largest absolute Gasteiger partial charge is 0.304 e. The topological polar surface area (TPSA) is 65.1 Å². The Balaban J connectivity index is 2.40. The fourth-order valence-electron chi connectivity index (χ4n) is 1.76. The molecule has 1 aromatic carbocycles. The van der Waals surface area contributed by atoms with Crippen LogP contribution < -0.4 is 5.56 Å². The second kappa shape index (κ2) is 5.01. The lowest BCUT2D eigenvalue weighted by atomic mass is 10.2. The third-order valence-electron chi connectivity index (χ3n) is 2.77. The third kappa shape index (κ3) is 2.85. The molecule has 0 aliphatic rings. The van der Waals surface area contributed by atoms with Gasteiger partial charge in [0, 0.05) is 11.6 Å². The van der Waals surface area contributed by atoms with E-state index in [-0.39, 0.29) is 23.6 Å². The number of rotatable bonds is 3. The first-order valence-electron chi connectivity index (χ1n) is 5.57. The number of nitro groups is 1. The number of hydrogen-bond acceptors (Lipinski definition) is 3. The smallest absolute Gasteiger partial charge is 0.288 e. The van der Waals surface area contributed by atoms with Crippen LogP contribution in [0.1, 0.15) is 11.1 Å². The van der Waals surface area contributed by atoms with Crippen molar-refractivity contribution in [2.24, 2.45) is 0 Å². The molecule has 98 valence electrons. The molecule has 19 heavy (non-hydrogen) atoms. The van der Waals surface area contributed by atoms with E-state index in [1.807, 2.05) is 0 Å². The van der Waals surface area contributed by atoms with E-state index in [2.05, 4.69) is 0 Å². The fourth-order valence-corrected chi connectivity index (χ4v) is 1.76. The van der Waals surface area contributed by atoms with Gasteiger partial charge < -0.3 is 4.57 Å². The van der Waals surface area contributed by atoms with Crippen LogP contribution in [0.2, 0.25) is 0 Å². The highest BCUT2D eigenvalue weighted by Crippen LogP contribution is 2.15. The first-order valence-corrected chi connectivity index (χ1v) is 5.57. The second-order valence-electron chi connectivity index (χ2n) is 4.19. The van der Waals surface area contributed by atoms with Crippen LogP contribution in [0.25, 0.3) is 0 Å². The zero-order valence-electron chi connectivity index (χ0n) is 10.2. The van der Waals surface area contributed by atoms with E-state index in [0.29, 0.717) is 11.1 Å². The normalized spacial score (nSPS) is 10.4. The Kier molecular flexibility index (Phi) is 3.41. The van der Waals surface area contributed by atoms with Gasteiger partial charge in [-0.3, -0.25) is 14.9 Å². The minimum atomic E-state index is -0.532. The molecular formula is C13H11FN2O3. The number of nitrogens with zero attached hydrogens (tertiary/aromatic N) is 2. The van der Waals surface area contributed by atoms with Crippen LogP contribution in [0, 0.1) is 22.9 Å². The van der Waals surface area contributed by atoms with Crippen molar-refractivity contribution in [3.05, 3.63) is 73.9 Å². The molecule has 0 unspecified atom stereocenters. The zero-order chi connectivity index (χ0) is 14.0. The van der Waals surface area contributed by atoms with Crippen LogP contribution in [0.4, 0.5) is 10.1 Å². The Labute approximate surface area is 108 Å². The Morgan fingerprint density at radius 2 is 1.95 bits per heavy atom. The van der Waals surface area contributed by atoms with Gasteiger partial charge in [0.1, 0.15) is 5.82 Å². The van der Waals surface area contributed by atoms with Crippen molar-refractivity contribution in [2.75, 3.05) is 0 Å². The summed E-state index contributed by atoms with van der Waals surface area (Å²) in [5, 5.41) is 10.8. The summed E-state index contributed by atoms with van der Waals surface area (Å²) >= 11 is 0. The average Bonchev–Trinajstić information content (AvgIpc) is 2.34. The van der Waals surface area contributed by atoms with Crippen molar-refractivity contribution in [1.82, 2.24) is 4.57 Å². The molecule has 2 aromatic rings. The van der Waals surface area contributed by atoms with Gasteiger partial charge in [0.2, 0.25) is 0 Å². The van der Waals surface area contributed by atoms with E-state index >= 15 is 0 Å². The predicted molar refractivity (Wildman–Crippen MR) is 67.6 cm³/mol. The maximum Gasteiger partial charge on any atom is 0.288 e. The Morgan fingerprint density at radius 1 is 1.32 bits per heavy atom. The van der Waals surface area contributed by atoms with E-state index in [4.69, 9.17) is 0 Å². The minimum absolute atomic E-state index is 0.110. The minimum Gasteiger partial charge on any atom is -0.304 e. The molecule has 5 nitrogen and oxygen atoms in total. The molecule has 6 heteroatoms. The molecule has 0 aliphatic carbocycles. The van der Waals surface area contributed by atoms with Crippen LogP contribution in [0.5, 0.6) is 0 Å². The van der Waals surface area contributed by atoms with Crippen LogP contribution in [-0.4, -0.2) is 9.49 Å². The lowest BCUT2D eigenvalue weighted by molar-refractivity contribution is -0.385. The number of benzene rings is 1. The molecule has 0 bridgehead atoms. The summed E-state index contributed by atoms with van der Waals surface area (Å²) in [7, 11) is 0. The summed E-state index contributed by atoms with van der Waals surface area (Å²) in [6, 6.07) is 6.86. The van der Waals surface area contributed by atoms with E-state index in [1.54, 1.807) is 0 Å². The van der Waals surface area contributed by atoms with Crippen LogP contribution >= 0.6 is 0 Å². The van der Waals surface area contributed by atoms with Gasteiger partial charge in [0.15, 0.2) is 0 Å². The van der Waals surface area contributed by atoms with Crippen molar-refractivity contribution >= 4 is 5.69 Å². The van der Waals surface area contributed by atoms with Crippen molar-refractivity contribution in [1.29, 1.82) is 0 Å². The summed E-state index contributed by atoms with van der Waals surface area (Å²) in [5.74, 6) is -0.369. The maximum absolute atomic E-state index is 12.8. The highest BCUT2D eigenvalue weighted by Gasteiger charge is 2.13. The zero-order valence-corrected chi connectivity index (χ0v) is 10.2. The molecule has 0 saturated carbocycles. The molecule has 2 rings (SSSR count). The van der Waals surface area contributed by atoms with Crippen molar-refractivity contribution in [3.63, 3.8) is 0 Å². The number of aryl methyl sites for hydroxylation is 1. The van der Waals surface area contributed by atoms with Gasteiger partial charge in [-0.2, -0.15) is 0 Å². The molecule has 0 radical (unpaired) electrons. The number of halogens is 1. The standard InChI is InChI=1S/C13H11FN2O3/c1-9-6-13(17)15(8-12(9)16(18)19)7-10-2-4-11(14)5-3-10/h2-6,8H,7H2,1H3. The van der Waals surface area contributed by atoms with Gasteiger partial charge in [-0.05, 0) is 24.6 Å². The Bertz CT molecular complexity index is 677. The monoisotopic (exact) mass is 262 g/mol. The van der Waals surface area contributed by atoms with Gasteiger partial charge in [-0.15, -0.1) is 0 Å². The Hall–Kier alpha value is -2.50. The quantitative estimate of drug-likeness (QED) is 0.629. The molecule has 0 N–H and O–H groups in total. The second-order valence-corrected chi connectivity index (χ2v) is 4.19. The van der Waals surface area contributed by atoms with Crippen LogP contribution in [0.3, 0.4) is 0 Å². The number of hydrogen-bond donors (Lipinski definition) is 0. The number of aromatic nitrogens is 1. The SMILES string of the molecule is Cc1cc(=O)n(Cc2ccc(F)cc2)cc1[N+](=O)[O-]. The lowest BCUT2D eigenvalue weighted by Gasteiger charge is -2.06. The summed E-state index contributed by atoms with van der Waals surface area (Å²) in [5.41, 5.74) is 0.584. The molecule has 1 aromatic heterocycles. The van der Waals surface area contributed by atoms with Gasteiger partial charge in [-0.25, -0.2) is 4.39 Å². The maximum atomic E-state index is 12.8. The van der Waals surface area contributed by atoms with Crippen LogP contribution in [-0.2, 0) is 6.54 Å². The van der Waals surface area contributed by atoms with Crippen molar-refractivity contribution in [2.45, 2.75) is 13.5 Å². The van der Waals surface area contributed by atoms with Gasteiger partial charge in [0.25, 0.3) is 11.2 Å².